The number of ether oxygens (including phenoxy) is 2. The number of likely N-dealkylation sites (N-methyl/N-ethyl adjacent to an activating group) is 1. The van der Waals surface area contributed by atoms with Gasteiger partial charge in [-0.2, -0.15) is 0 Å². The third kappa shape index (κ3) is 7.18. The maximum absolute atomic E-state index is 15.4. The number of para-hydroxylation sites is 1. The van der Waals surface area contributed by atoms with Gasteiger partial charge in [-0.05, 0) is 55.9 Å². The normalized spacial score (nSPS) is 25.5. The minimum atomic E-state index is -1.43. The van der Waals surface area contributed by atoms with Crippen LogP contribution in [0.15, 0.2) is 104 Å². The number of carbonyl (C=O) groups excluding carboxylic acids is 4. The quantitative estimate of drug-likeness (QED) is 0.107. The second-order valence-electron chi connectivity index (χ2n) is 14.8. The second kappa shape index (κ2) is 16.6. The first kappa shape index (κ1) is 40.1. The van der Waals surface area contributed by atoms with E-state index in [0.29, 0.717) is 23.2 Å². The van der Waals surface area contributed by atoms with Gasteiger partial charge in [0.1, 0.15) is 17.7 Å². The number of likely N-dealkylation sites (tertiary alicyclic amines) is 1. The molecule has 0 radical (unpaired) electrons. The number of anilines is 1. The molecule has 0 aliphatic carbocycles. The van der Waals surface area contributed by atoms with Crippen LogP contribution in [0.1, 0.15) is 60.6 Å². The Kier molecular flexibility index (Phi) is 12.1. The Hall–Kier alpha value is -4.58. The third-order valence-electron chi connectivity index (χ3n) is 11.6. The van der Waals surface area contributed by atoms with Crippen LogP contribution in [0, 0.1) is 25.7 Å². The van der Waals surface area contributed by atoms with Crippen molar-refractivity contribution in [3.8, 4) is 0 Å². The molecule has 10 nitrogen and oxygen atoms in total. The van der Waals surface area contributed by atoms with Gasteiger partial charge >= 0.3 is 5.97 Å². The number of benzene rings is 3. The summed E-state index contributed by atoms with van der Waals surface area (Å²) in [4.78, 5) is 62.8. The fraction of sp³-hybridized carbons (Fsp3) is 0.409. The molecule has 3 aliphatic heterocycles. The highest BCUT2D eigenvalue weighted by Crippen LogP contribution is 2.62. The third-order valence-corrected chi connectivity index (χ3v) is 12.4. The maximum Gasteiger partial charge on any atom is 0.313 e. The van der Waals surface area contributed by atoms with Crippen molar-refractivity contribution >= 4 is 45.3 Å². The van der Waals surface area contributed by atoms with E-state index in [1.54, 1.807) is 29.0 Å². The fourth-order valence-corrected chi connectivity index (χ4v) is 9.85. The number of nitrogens with zero attached hydrogens (tertiary/aromatic N) is 3. The van der Waals surface area contributed by atoms with Gasteiger partial charge in [-0.15, -0.1) is 13.2 Å². The van der Waals surface area contributed by atoms with Gasteiger partial charge < -0.3 is 29.3 Å². The van der Waals surface area contributed by atoms with Gasteiger partial charge in [0.15, 0.2) is 0 Å². The molecule has 9 atom stereocenters. The Balaban J connectivity index is 1.44. The highest BCUT2D eigenvalue weighted by atomic mass is 79.9. The second-order valence-corrected chi connectivity index (χ2v) is 16.0. The lowest BCUT2D eigenvalue weighted by atomic mass is 9.70. The van der Waals surface area contributed by atoms with Crippen LogP contribution in [-0.2, 0) is 28.7 Å². The van der Waals surface area contributed by atoms with Crippen molar-refractivity contribution in [2.75, 3.05) is 25.1 Å². The average molecular weight is 813 g/mol. The van der Waals surface area contributed by atoms with Crippen molar-refractivity contribution in [2.24, 2.45) is 11.8 Å². The van der Waals surface area contributed by atoms with Gasteiger partial charge in [0.2, 0.25) is 11.8 Å². The number of fused-ring (bicyclic) bond motifs is 1. The van der Waals surface area contributed by atoms with E-state index in [2.05, 4.69) is 29.1 Å². The molecule has 3 amide bonds. The van der Waals surface area contributed by atoms with Crippen molar-refractivity contribution in [3.63, 3.8) is 0 Å². The van der Waals surface area contributed by atoms with Crippen molar-refractivity contribution in [1.29, 1.82) is 0 Å². The summed E-state index contributed by atoms with van der Waals surface area (Å²) in [5.41, 5.74) is 2.33. The summed E-state index contributed by atoms with van der Waals surface area (Å²) < 4.78 is 13.3. The summed E-state index contributed by atoms with van der Waals surface area (Å²) in [6.45, 7) is 13.0. The van der Waals surface area contributed by atoms with Gasteiger partial charge in [-0.25, -0.2) is 0 Å². The molecule has 3 saturated heterocycles. The number of aliphatic hydroxyl groups is 1. The maximum atomic E-state index is 15.4. The van der Waals surface area contributed by atoms with E-state index in [1.165, 1.54) is 4.90 Å². The smallest absolute Gasteiger partial charge is 0.313 e. The van der Waals surface area contributed by atoms with Crippen molar-refractivity contribution < 1.29 is 33.8 Å². The minimum Gasteiger partial charge on any atom is -0.455 e. The topological polar surface area (TPSA) is 117 Å². The molecular weight excluding hydrogens is 762 g/mol. The largest absolute Gasteiger partial charge is 0.455 e. The van der Waals surface area contributed by atoms with E-state index in [9.17, 15) is 14.7 Å². The summed E-state index contributed by atoms with van der Waals surface area (Å²) in [7, 11) is 1.68. The summed E-state index contributed by atoms with van der Waals surface area (Å²) >= 11 is 3.78. The van der Waals surface area contributed by atoms with E-state index >= 15 is 9.59 Å². The average Bonchev–Trinajstić information content (AvgIpc) is 3.79. The first-order valence-electron chi connectivity index (χ1n) is 18.8. The zero-order valence-electron chi connectivity index (χ0n) is 31.8. The molecule has 3 aromatic rings. The molecule has 11 heteroatoms. The number of aliphatic hydroxyl groups excluding tert-OH is 1. The first-order valence-corrected chi connectivity index (χ1v) is 19.7. The predicted octanol–water partition coefficient (Wildman–Crippen LogP) is 6.40. The highest BCUT2D eigenvalue weighted by Gasteiger charge is 2.78. The molecule has 0 saturated carbocycles. The van der Waals surface area contributed by atoms with Crippen molar-refractivity contribution in [1.82, 2.24) is 9.80 Å². The number of hydrogen-bond donors (Lipinski definition) is 1. The van der Waals surface area contributed by atoms with E-state index in [4.69, 9.17) is 9.47 Å². The Morgan fingerprint density at radius 2 is 1.62 bits per heavy atom. The number of halogens is 1. The van der Waals surface area contributed by atoms with Crippen LogP contribution in [0.5, 0.6) is 0 Å². The predicted molar refractivity (Wildman–Crippen MR) is 214 cm³/mol. The van der Waals surface area contributed by atoms with Crippen molar-refractivity contribution in [3.05, 3.63) is 126 Å². The number of rotatable bonds is 15. The van der Waals surface area contributed by atoms with E-state index in [-0.39, 0.29) is 25.3 Å². The Labute approximate surface area is 331 Å². The highest BCUT2D eigenvalue weighted by molar-refractivity contribution is 9.09. The van der Waals surface area contributed by atoms with Crippen LogP contribution < -0.4 is 4.90 Å². The summed E-state index contributed by atoms with van der Waals surface area (Å²) in [6.07, 6.45) is 2.71. The molecule has 1 N–H and O–H groups in total. The standard InChI is InChI=1S/C44H50BrN3O7/c1-7-9-23-34(50)46(6)29(5)38(31-21-14-11-15-22-31)54-43(53)35-36-41(51)48(33(26-49)30-19-12-10-13-20-30)40(44(36)25-32(45)39(35)55-44)42(52)47(24-8-2)37-27(3)17-16-18-28(37)4/h7-8,10-22,29,32-33,35-36,38-40,49H,1-2,9,23-26H2,3-6H3/t29-,32?,33-,35-,36+,38+,39-,40-,44+/m1/s1. The monoisotopic (exact) mass is 811 g/mol. The van der Waals surface area contributed by atoms with Gasteiger partial charge in [0.25, 0.3) is 5.91 Å². The molecule has 2 bridgehead atoms. The molecule has 290 valence electrons. The fourth-order valence-electron chi connectivity index (χ4n) is 8.90. The number of esters is 1. The molecule has 6 rings (SSSR count). The summed E-state index contributed by atoms with van der Waals surface area (Å²) in [6, 6.07) is 21.4. The van der Waals surface area contributed by atoms with Crippen LogP contribution in [0.2, 0.25) is 0 Å². The number of allylic oxidation sites excluding steroid dienone is 1. The number of alkyl halides is 1. The Morgan fingerprint density at radius 3 is 2.20 bits per heavy atom. The van der Waals surface area contributed by atoms with Crippen LogP contribution in [-0.4, -0.2) is 87.4 Å². The molecule has 3 aliphatic rings. The zero-order valence-corrected chi connectivity index (χ0v) is 33.4. The lowest BCUT2D eigenvalue weighted by Crippen LogP contribution is -2.58. The van der Waals surface area contributed by atoms with Gasteiger partial charge in [0, 0.05) is 30.5 Å². The van der Waals surface area contributed by atoms with Crippen LogP contribution in [0.25, 0.3) is 0 Å². The van der Waals surface area contributed by atoms with Crippen LogP contribution in [0.4, 0.5) is 5.69 Å². The Morgan fingerprint density at radius 1 is 1.00 bits per heavy atom. The molecule has 0 aromatic heterocycles. The van der Waals surface area contributed by atoms with E-state index < -0.39 is 77.0 Å². The molecule has 55 heavy (non-hydrogen) atoms. The molecule has 1 spiro atoms. The number of hydrogen-bond acceptors (Lipinski definition) is 7. The van der Waals surface area contributed by atoms with Crippen LogP contribution >= 0.6 is 15.9 Å². The number of carbonyl (C=O) groups is 4. The van der Waals surface area contributed by atoms with Gasteiger partial charge in [-0.3, -0.25) is 19.2 Å². The van der Waals surface area contributed by atoms with Crippen molar-refractivity contribution in [2.45, 2.75) is 80.8 Å². The summed E-state index contributed by atoms with van der Waals surface area (Å²) in [5, 5.41) is 11.0. The zero-order chi connectivity index (χ0) is 39.6. The van der Waals surface area contributed by atoms with E-state index in [1.807, 2.05) is 99.6 Å². The summed E-state index contributed by atoms with van der Waals surface area (Å²) in [5.74, 6) is -3.83. The molecule has 3 aromatic carbocycles. The number of aryl methyl sites for hydroxylation is 2. The van der Waals surface area contributed by atoms with Gasteiger partial charge in [-0.1, -0.05) is 107 Å². The van der Waals surface area contributed by atoms with Gasteiger partial charge in [0.05, 0.1) is 36.6 Å². The molecule has 3 heterocycles. The molecular formula is C44H50BrN3O7. The molecule has 3 fully saturated rings. The van der Waals surface area contributed by atoms with E-state index in [0.717, 1.165) is 11.1 Å². The number of amides is 3. The lowest BCUT2D eigenvalue weighted by molar-refractivity contribution is -0.165. The lowest BCUT2D eigenvalue weighted by Gasteiger charge is -2.40. The SMILES string of the molecule is C=CCCC(=O)N(C)[C@H](C)[C@H](OC(=O)[C@H]1[C@@H]2O[C@@]3(CC2Br)[C@@H]1C(=O)N([C@H](CO)c1ccccc1)[C@@H]3C(=O)N(CC=C)c1c(C)cccc1C)c1ccccc1. The Bertz CT molecular complexity index is 1900. The first-order chi connectivity index (χ1) is 26.4. The molecule has 1 unspecified atom stereocenters. The van der Waals surface area contributed by atoms with Crippen LogP contribution in [0.3, 0.4) is 0 Å². The minimum absolute atomic E-state index is 0.126.